The molecule has 27 heavy (non-hydrogen) atoms. The SMILES string of the molecule is CCCCCCCCCCCCCCCC(O)C(C)NC(=O)CCCCC. The lowest BCUT2D eigenvalue weighted by Crippen LogP contribution is -2.41. The van der Waals surface area contributed by atoms with Crippen molar-refractivity contribution in [1.29, 1.82) is 0 Å². The van der Waals surface area contributed by atoms with Crippen LogP contribution < -0.4 is 5.32 Å². The fraction of sp³-hybridized carbons (Fsp3) is 0.958. The summed E-state index contributed by atoms with van der Waals surface area (Å²) >= 11 is 0. The van der Waals surface area contributed by atoms with Crippen molar-refractivity contribution in [2.45, 2.75) is 148 Å². The maximum Gasteiger partial charge on any atom is 0.220 e. The Morgan fingerprint density at radius 3 is 1.59 bits per heavy atom. The van der Waals surface area contributed by atoms with E-state index in [2.05, 4.69) is 19.2 Å². The summed E-state index contributed by atoms with van der Waals surface area (Å²) in [5.74, 6) is 0.0837. The topological polar surface area (TPSA) is 49.3 Å². The number of nitrogens with one attached hydrogen (secondary N) is 1. The fourth-order valence-electron chi connectivity index (χ4n) is 3.58. The summed E-state index contributed by atoms with van der Waals surface area (Å²) in [4.78, 5) is 11.8. The molecule has 0 aliphatic heterocycles. The summed E-state index contributed by atoms with van der Waals surface area (Å²) in [5.41, 5.74) is 0. The van der Waals surface area contributed by atoms with Crippen LogP contribution in [0.15, 0.2) is 0 Å². The Balaban J connectivity index is 3.39. The van der Waals surface area contributed by atoms with Gasteiger partial charge in [0, 0.05) is 6.42 Å². The largest absolute Gasteiger partial charge is 0.391 e. The third-order valence-corrected chi connectivity index (χ3v) is 5.58. The quantitative estimate of drug-likeness (QED) is 0.224. The molecule has 2 atom stereocenters. The van der Waals surface area contributed by atoms with E-state index < -0.39 is 6.10 Å². The zero-order valence-electron chi connectivity index (χ0n) is 18.7. The normalized spacial score (nSPS) is 13.5. The highest BCUT2D eigenvalue weighted by molar-refractivity contribution is 5.76. The van der Waals surface area contributed by atoms with E-state index in [-0.39, 0.29) is 11.9 Å². The minimum absolute atomic E-state index is 0.0837. The van der Waals surface area contributed by atoms with Crippen LogP contribution in [0.3, 0.4) is 0 Å². The Labute approximate surface area is 170 Å². The Morgan fingerprint density at radius 1 is 0.704 bits per heavy atom. The molecule has 0 bridgehead atoms. The molecule has 0 saturated carbocycles. The lowest BCUT2D eigenvalue weighted by Gasteiger charge is -2.20. The van der Waals surface area contributed by atoms with Gasteiger partial charge in [-0.2, -0.15) is 0 Å². The van der Waals surface area contributed by atoms with Crippen molar-refractivity contribution in [2.24, 2.45) is 0 Å². The van der Waals surface area contributed by atoms with Crippen LogP contribution in [-0.4, -0.2) is 23.2 Å². The third-order valence-electron chi connectivity index (χ3n) is 5.58. The summed E-state index contributed by atoms with van der Waals surface area (Å²) in [7, 11) is 0. The van der Waals surface area contributed by atoms with Crippen LogP contribution in [0.2, 0.25) is 0 Å². The standard InChI is InChI=1S/C24H49NO2/c1-4-6-8-9-10-11-12-13-14-15-16-17-19-20-23(26)22(3)25-24(27)21-18-7-5-2/h22-23,26H,4-21H2,1-3H3,(H,25,27). The summed E-state index contributed by atoms with van der Waals surface area (Å²) in [6, 6.07) is -0.128. The van der Waals surface area contributed by atoms with Crippen LogP contribution in [0, 0.1) is 0 Å². The van der Waals surface area contributed by atoms with Gasteiger partial charge in [-0.1, -0.05) is 110 Å². The zero-order valence-corrected chi connectivity index (χ0v) is 18.7. The van der Waals surface area contributed by atoms with Crippen molar-refractivity contribution in [1.82, 2.24) is 5.32 Å². The van der Waals surface area contributed by atoms with Crippen molar-refractivity contribution in [3.8, 4) is 0 Å². The number of unbranched alkanes of at least 4 members (excludes halogenated alkanes) is 14. The first-order valence-corrected chi connectivity index (χ1v) is 12.1. The molecule has 0 rings (SSSR count). The van der Waals surface area contributed by atoms with E-state index in [0.29, 0.717) is 6.42 Å². The first kappa shape index (κ1) is 26.4. The Kier molecular flexibility index (Phi) is 19.7. The number of carbonyl (C=O) groups excluding carboxylic acids is 1. The molecule has 3 nitrogen and oxygen atoms in total. The highest BCUT2D eigenvalue weighted by atomic mass is 16.3. The second-order valence-corrected chi connectivity index (χ2v) is 8.41. The summed E-state index contributed by atoms with van der Waals surface area (Å²) in [5, 5.41) is 13.1. The Morgan fingerprint density at radius 2 is 1.11 bits per heavy atom. The van der Waals surface area contributed by atoms with Gasteiger partial charge < -0.3 is 10.4 Å². The smallest absolute Gasteiger partial charge is 0.220 e. The van der Waals surface area contributed by atoms with Crippen LogP contribution >= 0.6 is 0 Å². The zero-order chi connectivity index (χ0) is 20.2. The summed E-state index contributed by atoms with van der Waals surface area (Å²) in [6.45, 7) is 6.33. The molecule has 0 aromatic carbocycles. The molecule has 0 aromatic heterocycles. The average molecular weight is 384 g/mol. The number of rotatable bonds is 20. The average Bonchev–Trinajstić information content (AvgIpc) is 2.65. The molecule has 162 valence electrons. The van der Waals surface area contributed by atoms with Crippen molar-refractivity contribution in [2.75, 3.05) is 0 Å². The predicted octanol–water partition coefficient (Wildman–Crippen LogP) is 6.91. The van der Waals surface area contributed by atoms with Gasteiger partial charge >= 0.3 is 0 Å². The number of hydrogen-bond acceptors (Lipinski definition) is 2. The number of aliphatic hydroxyl groups excluding tert-OH is 1. The molecule has 3 heteroatoms. The lowest BCUT2D eigenvalue weighted by atomic mass is 10.0. The molecular weight excluding hydrogens is 334 g/mol. The molecule has 0 heterocycles. The number of aliphatic hydroxyl groups is 1. The summed E-state index contributed by atoms with van der Waals surface area (Å²) < 4.78 is 0. The fourth-order valence-corrected chi connectivity index (χ4v) is 3.58. The van der Waals surface area contributed by atoms with Crippen molar-refractivity contribution < 1.29 is 9.90 Å². The minimum Gasteiger partial charge on any atom is -0.391 e. The van der Waals surface area contributed by atoms with E-state index >= 15 is 0 Å². The van der Waals surface area contributed by atoms with Gasteiger partial charge in [-0.25, -0.2) is 0 Å². The van der Waals surface area contributed by atoms with Gasteiger partial charge in [-0.3, -0.25) is 4.79 Å². The van der Waals surface area contributed by atoms with E-state index in [4.69, 9.17) is 0 Å². The van der Waals surface area contributed by atoms with Gasteiger partial charge in [0.25, 0.3) is 0 Å². The molecule has 1 amide bonds. The van der Waals surface area contributed by atoms with Crippen LogP contribution in [0.5, 0.6) is 0 Å². The van der Waals surface area contributed by atoms with Gasteiger partial charge in [-0.15, -0.1) is 0 Å². The maximum atomic E-state index is 11.8. The van der Waals surface area contributed by atoms with Crippen molar-refractivity contribution in [3.63, 3.8) is 0 Å². The van der Waals surface area contributed by atoms with Crippen LogP contribution in [0.1, 0.15) is 136 Å². The highest BCUT2D eigenvalue weighted by Gasteiger charge is 2.15. The molecule has 0 fully saturated rings. The van der Waals surface area contributed by atoms with E-state index in [0.717, 1.165) is 32.1 Å². The van der Waals surface area contributed by atoms with Gasteiger partial charge in [0.15, 0.2) is 0 Å². The highest BCUT2D eigenvalue weighted by Crippen LogP contribution is 2.14. The van der Waals surface area contributed by atoms with E-state index in [1.165, 1.54) is 77.0 Å². The van der Waals surface area contributed by atoms with Crippen LogP contribution in [-0.2, 0) is 4.79 Å². The number of carbonyl (C=O) groups is 1. The summed E-state index contributed by atoms with van der Waals surface area (Å²) in [6.07, 6.45) is 21.6. The van der Waals surface area contributed by atoms with Gasteiger partial charge in [-0.05, 0) is 19.8 Å². The molecule has 0 aliphatic rings. The van der Waals surface area contributed by atoms with E-state index in [1.807, 2.05) is 6.92 Å². The van der Waals surface area contributed by atoms with Gasteiger partial charge in [0.2, 0.25) is 5.91 Å². The molecular formula is C24H49NO2. The predicted molar refractivity (Wildman–Crippen MR) is 118 cm³/mol. The first-order valence-electron chi connectivity index (χ1n) is 12.1. The van der Waals surface area contributed by atoms with E-state index in [9.17, 15) is 9.90 Å². The minimum atomic E-state index is -0.409. The number of amides is 1. The second kappa shape index (κ2) is 20.2. The van der Waals surface area contributed by atoms with Crippen LogP contribution in [0.25, 0.3) is 0 Å². The van der Waals surface area contributed by atoms with Crippen LogP contribution in [0.4, 0.5) is 0 Å². The maximum absolute atomic E-state index is 11.8. The molecule has 0 aromatic rings. The molecule has 0 radical (unpaired) electrons. The molecule has 0 spiro atoms. The molecule has 0 aliphatic carbocycles. The molecule has 0 saturated heterocycles. The third kappa shape index (κ3) is 18.6. The second-order valence-electron chi connectivity index (χ2n) is 8.41. The lowest BCUT2D eigenvalue weighted by molar-refractivity contribution is -0.122. The molecule has 2 N–H and O–H groups in total. The van der Waals surface area contributed by atoms with Gasteiger partial charge in [0.05, 0.1) is 12.1 Å². The van der Waals surface area contributed by atoms with Crippen molar-refractivity contribution >= 4 is 5.91 Å². The Bertz CT molecular complexity index is 320. The molecule has 2 unspecified atom stereocenters. The van der Waals surface area contributed by atoms with Gasteiger partial charge in [0.1, 0.15) is 0 Å². The number of hydrogen-bond donors (Lipinski definition) is 2. The Hall–Kier alpha value is -0.570. The monoisotopic (exact) mass is 383 g/mol. The van der Waals surface area contributed by atoms with E-state index in [1.54, 1.807) is 0 Å². The van der Waals surface area contributed by atoms with Crippen molar-refractivity contribution in [3.05, 3.63) is 0 Å². The first-order chi connectivity index (χ1) is 13.1.